The van der Waals surface area contributed by atoms with E-state index in [0.29, 0.717) is 22.1 Å². The van der Waals surface area contributed by atoms with Gasteiger partial charge in [0, 0.05) is 17.2 Å². The van der Waals surface area contributed by atoms with Gasteiger partial charge in [-0.15, -0.1) is 11.3 Å². The van der Waals surface area contributed by atoms with Crippen molar-refractivity contribution in [2.75, 3.05) is 12.4 Å². The molecule has 1 aromatic heterocycles. The number of amides is 1. The molecule has 1 unspecified atom stereocenters. The molecule has 0 bridgehead atoms. The van der Waals surface area contributed by atoms with E-state index in [9.17, 15) is 18.0 Å². The highest BCUT2D eigenvalue weighted by Gasteiger charge is 2.23. The predicted octanol–water partition coefficient (Wildman–Crippen LogP) is 8.70. The van der Waals surface area contributed by atoms with E-state index in [2.05, 4.69) is 29.6 Å². The van der Waals surface area contributed by atoms with Crippen molar-refractivity contribution >= 4 is 23.1 Å². The molecule has 1 aliphatic carbocycles. The molecule has 0 saturated heterocycles. The van der Waals surface area contributed by atoms with E-state index in [4.69, 9.17) is 9.47 Å². The first kappa shape index (κ1) is 24.9. The number of hydrogen-bond acceptors (Lipinski definition) is 4. The molecular weight excluding hydrogens is 499 g/mol. The highest BCUT2D eigenvalue weighted by Crippen LogP contribution is 2.43. The molecule has 4 aromatic rings. The molecule has 5 rings (SSSR count). The van der Waals surface area contributed by atoms with Crippen LogP contribution in [0.15, 0.2) is 66.7 Å². The van der Waals surface area contributed by atoms with Gasteiger partial charge in [0.15, 0.2) is 5.13 Å². The van der Waals surface area contributed by atoms with Crippen molar-refractivity contribution in [2.45, 2.75) is 31.8 Å². The Morgan fingerprint density at radius 1 is 0.973 bits per heavy atom. The summed E-state index contributed by atoms with van der Waals surface area (Å²) in [4.78, 5) is 13.0. The van der Waals surface area contributed by atoms with Crippen LogP contribution in [0.1, 0.15) is 42.9 Å². The number of ether oxygens (including phenoxy) is 2. The molecule has 1 atom stereocenters. The van der Waals surface area contributed by atoms with E-state index in [1.54, 1.807) is 13.2 Å². The van der Waals surface area contributed by atoms with Crippen molar-refractivity contribution in [3.63, 3.8) is 0 Å². The lowest BCUT2D eigenvalue weighted by Crippen LogP contribution is -2.16. The number of rotatable bonds is 7. The Morgan fingerprint density at radius 2 is 1.70 bits per heavy atom. The van der Waals surface area contributed by atoms with E-state index in [1.165, 1.54) is 31.4 Å². The maximum Gasteiger partial charge on any atom is 0.412 e. The van der Waals surface area contributed by atoms with Crippen molar-refractivity contribution in [2.24, 2.45) is 0 Å². The SMILES string of the molecule is COc1cc(-c2sc(F)cc2NC(=O)OC(C)c2cc(F)ccc2F)ccc1-c1ccc(C2CC2)cc1. The number of carbonyl (C=O) groups is 1. The Hall–Kier alpha value is -3.78. The lowest BCUT2D eigenvalue weighted by atomic mass is 9.99. The fourth-order valence-corrected chi connectivity index (χ4v) is 5.12. The number of benzene rings is 3. The van der Waals surface area contributed by atoms with Gasteiger partial charge in [0.1, 0.15) is 23.5 Å². The topological polar surface area (TPSA) is 47.6 Å². The summed E-state index contributed by atoms with van der Waals surface area (Å²) in [5.74, 6) is -0.0706. The first-order chi connectivity index (χ1) is 17.8. The zero-order valence-corrected chi connectivity index (χ0v) is 21.0. The van der Waals surface area contributed by atoms with Gasteiger partial charge >= 0.3 is 6.09 Å². The average molecular weight is 524 g/mol. The van der Waals surface area contributed by atoms with Gasteiger partial charge in [-0.05, 0) is 66.6 Å². The lowest BCUT2D eigenvalue weighted by Gasteiger charge is -2.15. The lowest BCUT2D eigenvalue weighted by molar-refractivity contribution is 0.119. The highest BCUT2D eigenvalue weighted by atomic mass is 32.1. The molecule has 0 aliphatic heterocycles. The molecule has 190 valence electrons. The molecule has 1 N–H and O–H groups in total. The van der Waals surface area contributed by atoms with Crippen LogP contribution in [0.2, 0.25) is 0 Å². The number of methoxy groups -OCH3 is 1. The minimum atomic E-state index is -1.06. The van der Waals surface area contributed by atoms with Crippen LogP contribution in [0.4, 0.5) is 23.7 Å². The molecular formula is C29H24F3NO3S. The van der Waals surface area contributed by atoms with Crippen LogP contribution in [-0.4, -0.2) is 13.2 Å². The molecule has 3 aromatic carbocycles. The molecule has 1 heterocycles. The van der Waals surface area contributed by atoms with Gasteiger partial charge in [0.2, 0.25) is 0 Å². The van der Waals surface area contributed by atoms with Crippen LogP contribution in [0.25, 0.3) is 21.6 Å². The first-order valence-corrected chi connectivity index (χ1v) is 12.6. The van der Waals surface area contributed by atoms with Crippen LogP contribution >= 0.6 is 11.3 Å². The van der Waals surface area contributed by atoms with Gasteiger partial charge in [0.25, 0.3) is 0 Å². The number of carbonyl (C=O) groups excluding carboxylic acids is 1. The number of halogens is 3. The molecule has 0 spiro atoms. The van der Waals surface area contributed by atoms with Crippen LogP contribution < -0.4 is 10.1 Å². The Balaban J connectivity index is 1.36. The van der Waals surface area contributed by atoms with E-state index < -0.39 is 29.0 Å². The average Bonchev–Trinajstić information content (AvgIpc) is 3.67. The van der Waals surface area contributed by atoms with Crippen molar-refractivity contribution in [1.29, 1.82) is 0 Å². The third kappa shape index (κ3) is 5.49. The normalized spacial score (nSPS) is 13.8. The maximum absolute atomic E-state index is 14.3. The quantitative estimate of drug-likeness (QED) is 0.264. The first-order valence-electron chi connectivity index (χ1n) is 11.8. The monoisotopic (exact) mass is 523 g/mol. The molecule has 1 amide bonds. The molecule has 37 heavy (non-hydrogen) atoms. The van der Waals surface area contributed by atoms with Gasteiger partial charge in [-0.25, -0.2) is 13.6 Å². The minimum Gasteiger partial charge on any atom is -0.496 e. The van der Waals surface area contributed by atoms with Crippen molar-refractivity contribution in [1.82, 2.24) is 0 Å². The second kappa shape index (κ2) is 10.3. The maximum atomic E-state index is 14.3. The second-order valence-electron chi connectivity index (χ2n) is 8.94. The van der Waals surface area contributed by atoms with Gasteiger partial charge in [-0.3, -0.25) is 5.32 Å². The Morgan fingerprint density at radius 3 is 2.41 bits per heavy atom. The van der Waals surface area contributed by atoms with Crippen molar-refractivity contribution in [3.8, 4) is 27.3 Å². The third-order valence-electron chi connectivity index (χ3n) is 6.35. The fourth-order valence-electron chi connectivity index (χ4n) is 4.28. The molecule has 1 saturated carbocycles. The van der Waals surface area contributed by atoms with Gasteiger partial charge in [-0.1, -0.05) is 36.4 Å². The Kier molecular flexibility index (Phi) is 6.93. The minimum absolute atomic E-state index is 0.0997. The van der Waals surface area contributed by atoms with Crippen LogP contribution in [0.5, 0.6) is 5.75 Å². The van der Waals surface area contributed by atoms with Gasteiger partial charge in [0.05, 0.1) is 17.7 Å². The number of anilines is 1. The molecule has 0 radical (unpaired) electrons. The molecule has 4 nitrogen and oxygen atoms in total. The smallest absolute Gasteiger partial charge is 0.412 e. The second-order valence-corrected chi connectivity index (χ2v) is 9.95. The van der Waals surface area contributed by atoms with Crippen LogP contribution in [0, 0.1) is 16.8 Å². The molecule has 8 heteroatoms. The summed E-state index contributed by atoms with van der Waals surface area (Å²) in [6.45, 7) is 1.42. The summed E-state index contributed by atoms with van der Waals surface area (Å²) in [5.41, 5.74) is 3.98. The van der Waals surface area contributed by atoms with E-state index in [1.807, 2.05) is 12.1 Å². The van der Waals surface area contributed by atoms with Crippen LogP contribution in [-0.2, 0) is 4.74 Å². The number of thiophene rings is 1. The molecule has 1 aliphatic rings. The fraction of sp³-hybridized carbons (Fsp3) is 0.207. The standard InChI is InChI=1S/C29H24F3NO3S/c1-16(23-14-21(30)10-12-24(23)31)36-29(34)33-25-15-27(32)37-28(25)20-9-11-22(26(13-20)35-2)19-7-5-18(6-8-19)17-3-4-17/h5-17H,3-4H2,1-2H3,(H,33,34). The zero-order valence-electron chi connectivity index (χ0n) is 20.2. The highest BCUT2D eigenvalue weighted by molar-refractivity contribution is 7.14. The van der Waals surface area contributed by atoms with Crippen LogP contribution in [0.3, 0.4) is 0 Å². The van der Waals surface area contributed by atoms with Gasteiger partial charge in [-0.2, -0.15) is 4.39 Å². The predicted molar refractivity (Wildman–Crippen MR) is 139 cm³/mol. The van der Waals surface area contributed by atoms with E-state index >= 15 is 0 Å². The molecule has 1 fully saturated rings. The largest absolute Gasteiger partial charge is 0.496 e. The summed E-state index contributed by atoms with van der Waals surface area (Å²) < 4.78 is 52.7. The zero-order chi connectivity index (χ0) is 26.1. The van der Waals surface area contributed by atoms with E-state index in [0.717, 1.165) is 40.7 Å². The Bertz CT molecular complexity index is 1450. The Labute approximate surface area is 216 Å². The summed E-state index contributed by atoms with van der Waals surface area (Å²) in [6.07, 6.45) is 0.487. The summed E-state index contributed by atoms with van der Waals surface area (Å²) in [7, 11) is 1.57. The summed E-state index contributed by atoms with van der Waals surface area (Å²) in [6, 6.07) is 18.0. The summed E-state index contributed by atoms with van der Waals surface area (Å²) >= 11 is 0.860. The van der Waals surface area contributed by atoms with E-state index in [-0.39, 0.29) is 11.3 Å². The number of hydrogen-bond donors (Lipinski definition) is 1. The van der Waals surface area contributed by atoms with Gasteiger partial charge < -0.3 is 9.47 Å². The number of nitrogens with one attached hydrogen (secondary N) is 1. The summed E-state index contributed by atoms with van der Waals surface area (Å²) in [5, 5.41) is 2.02. The van der Waals surface area contributed by atoms with Crippen molar-refractivity contribution < 1.29 is 27.4 Å². The third-order valence-corrected chi connectivity index (χ3v) is 7.33. The van der Waals surface area contributed by atoms with Crippen molar-refractivity contribution in [3.05, 3.63) is 94.6 Å².